The Labute approximate surface area is 110 Å². The molecule has 1 atom stereocenters. The van der Waals surface area contributed by atoms with E-state index < -0.39 is 21.1 Å². The number of carbonyl (C=O) groups is 1. The maximum Gasteiger partial charge on any atom is 0.503 e. The van der Waals surface area contributed by atoms with E-state index in [1.165, 1.54) is 0 Å². The average Bonchev–Trinajstić information content (AvgIpc) is 2.29. The summed E-state index contributed by atoms with van der Waals surface area (Å²) in [6.45, 7) is 8.28. The zero-order chi connectivity index (χ0) is 14.0. The van der Waals surface area contributed by atoms with Crippen molar-refractivity contribution in [3.8, 4) is 0 Å². The van der Waals surface area contributed by atoms with Gasteiger partial charge in [0.05, 0.1) is 6.54 Å². The van der Waals surface area contributed by atoms with Crippen molar-refractivity contribution < 1.29 is 22.8 Å². The van der Waals surface area contributed by atoms with Crippen LogP contribution in [0.5, 0.6) is 0 Å². The third-order valence-corrected chi connectivity index (χ3v) is 5.35. The van der Waals surface area contributed by atoms with Gasteiger partial charge in [-0.1, -0.05) is 13.3 Å². The molecule has 0 radical (unpaired) electrons. The fraction of sp³-hybridized carbons (Fsp3) is 0.909. The van der Waals surface area contributed by atoms with E-state index >= 15 is 0 Å². The Hall–Kier alpha value is -0.473. The van der Waals surface area contributed by atoms with Gasteiger partial charge in [-0.15, -0.1) is 0 Å². The summed E-state index contributed by atoms with van der Waals surface area (Å²) in [5, 5.41) is 0. The molecule has 18 heavy (non-hydrogen) atoms. The van der Waals surface area contributed by atoms with Crippen LogP contribution in [0, 0.1) is 0 Å². The van der Waals surface area contributed by atoms with Crippen LogP contribution in [0.1, 0.15) is 34.1 Å². The van der Waals surface area contributed by atoms with Gasteiger partial charge in [0.2, 0.25) is 0 Å². The first-order valence-electron chi connectivity index (χ1n) is 6.38. The summed E-state index contributed by atoms with van der Waals surface area (Å²) < 4.78 is 22.0. The molecule has 0 aromatic heterocycles. The van der Waals surface area contributed by atoms with Crippen LogP contribution in [-0.2, 0) is 22.8 Å². The molecule has 108 valence electrons. The summed E-state index contributed by atoms with van der Waals surface area (Å²) in [4.78, 5) is 11.1. The van der Waals surface area contributed by atoms with Crippen LogP contribution in [0.15, 0.2) is 0 Å². The third-order valence-electron chi connectivity index (χ3n) is 2.09. The van der Waals surface area contributed by atoms with E-state index in [1.807, 2.05) is 20.8 Å². The molecule has 0 aromatic carbocycles. The highest BCUT2D eigenvalue weighted by atomic mass is 28.4. The zero-order valence-corrected chi connectivity index (χ0v) is 12.7. The molecule has 0 heterocycles. The molecular weight excluding hydrogens is 254 g/mol. The van der Waals surface area contributed by atoms with Gasteiger partial charge in [0, 0.05) is 19.3 Å². The Bertz CT molecular complexity index is 222. The van der Waals surface area contributed by atoms with Crippen LogP contribution in [-0.4, -0.2) is 40.8 Å². The van der Waals surface area contributed by atoms with Crippen molar-refractivity contribution in [2.45, 2.75) is 46.4 Å². The molecule has 1 unspecified atom stereocenters. The fourth-order valence-corrected chi connectivity index (χ4v) is 4.24. The molecular formula is C11H25NO5Si. The monoisotopic (exact) mass is 279 g/mol. The minimum Gasteiger partial charge on any atom is -0.436 e. The van der Waals surface area contributed by atoms with E-state index in [4.69, 9.17) is 23.7 Å². The first-order chi connectivity index (χ1) is 8.53. The molecule has 0 fully saturated rings. The van der Waals surface area contributed by atoms with Crippen LogP contribution in [0.2, 0.25) is 6.04 Å². The van der Waals surface area contributed by atoms with Gasteiger partial charge < -0.3 is 23.7 Å². The highest BCUT2D eigenvalue weighted by molar-refractivity contribution is 6.60. The number of esters is 1. The molecule has 0 aliphatic heterocycles. The Morgan fingerprint density at radius 3 is 2.17 bits per heavy atom. The van der Waals surface area contributed by atoms with Crippen molar-refractivity contribution in [3.63, 3.8) is 0 Å². The van der Waals surface area contributed by atoms with Crippen molar-refractivity contribution in [1.82, 2.24) is 0 Å². The van der Waals surface area contributed by atoms with Crippen LogP contribution in [0.4, 0.5) is 0 Å². The lowest BCUT2D eigenvalue weighted by Gasteiger charge is -2.31. The molecule has 0 aliphatic carbocycles. The molecule has 0 aliphatic rings. The van der Waals surface area contributed by atoms with Crippen molar-refractivity contribution in [2.24, 2.45) is 5.73 Å². The van der Waals surface area contributed by atoms with Gasteiger partial charge >= 0.3 is 14.8 Å². The normalized spacial score (nSPS) is 13.4. The summed E-state index contributed by atoms with van der Waals surface area (Å²) >= 11 is 0. The highest BCUT2D eigenvalue weighted by Crippen LogP contribution is 2.20. The van der Waals surface area contributed by atoms with Gasteiger partial charge in [-0.2, -0.15) is 0 Å². The number of hydrogen-bond acceptors (Lipinski definition) is 6. The summed E-state index contributed by atoms with van der Waals surface area (Å²) in [7, 11) is -2.76. The van der Waals surface area contributed by atoms with Crippen LogP contribution in [0.25, 0.3) is 0 Å². The van der Waals surface area contributed by atoms with Crippen molar-refractivity contribution in [3.05, 3.63) is 0 Å². The smallest absolute Gasteiger partial charge is 0.436 e. The van der Waals surface area contributed by atoms with Gasteiger partial charge in [0.1, 0.15) is 0 Å². The minimum absolute atomic E-state index is 0.167. The molecule has 0 amide bonds. The summed E-state index contributed by atoms with van der Waals surface area (Å²) in [6.07, 6.45) is 0.168. The van der Waals surface area contributed by atoms with E-state index in [2.05, 4.69) is 0 Å². The number of ether oxygens (including phenoxy) is 1. The van der Waals surface area contributed by atoms with Gasteiger partial charge in [-0.05, 0) is 20.8 Å². The zero-order valence-electron chi connectivity index (χ0n) is 11.7. The van der Waals surface area contributed by atoms with Gasteiger partial charge in [0.15, 0.2) is 6.29 Å². The Morgan fingerprint density at radius 1 is 1.22 bits per heavy atom. The summed E-state index contributed by atoms with van der Waals surface area (Å²) in [5.41, 5.74) is 5.18. The SMILES string of the molecule is CCC[Si](OCC)(OCC)OC(C)OC(=O)CN. The van der Waals surface area contributed by atoms with E-state index in [1.54, 1.807) is 6.92 Å². The minimum atomic E-state index is -2.76. The average molecular weight is 279 g/mol. The molecule has 0 rings (SSSR count). The number of nitrogens with two attached hydrogens (primary N) is 1. The molecule has 0 aromatic rings. The molecule has 2 N–H and O–H groups in total. The van der Waals surface area contributed by atoms with Crippen molar-refractivity contribution >= 4 is 14.8 Å². The van der Waals surface area contributed by atoms with Gasteiger partial charge in [0.25, 0.3) is 0 Å². The first-order valence-corrected chi connectivity index (χ1v) is 8.32. The lowest BCUT2D eigenvalue weighted by atomic mass is 10.6. The lowest BCUT2D eigenvalue weighted by molar-refractivity contribution is -0.165. The molecule has 0 saturated carbocycles. The maximum atomic E-state index is 11.1. The second kappa shape index (κ2) is 9.46. The Balaban J connectivity index is 4.57. The molecule has 0 bridgehead atoms. The summed E-state index contributed by atoms with van der Waals surface area (Å²) in [6, 6.07) is 0.694. The Morgan fingerprint density at radius 2 is 1.78 bits per heavy atom. The second-order valence-corrected chi connectivity index (χ2v) is 6.36. The second-order valence-electron chi connectivity index (χ2n) is 3.68. The quantitative estimate of drug-likeness (QED) is 0.368. The van der Waals surface area contributed by atoms with Crippen LogP contribution >= 0.6 is 0 Å². The number of carbonyl (C=O) groups excluding carboxylic acids is 1. The maximum absolute atomic E-state index is 11.1. The van der Waals surface area contributed by atoms with Gasteiger partial charge in [-0.3, -0.25) is 4.79 Å². The van der Waals surface area contributed by atoms with E-state index in [0.29, 0.717) is 19.3 Å². The van der Waals surface area contributed by atoms with E-state index in [-0.39, 0.29) is 6.54 Å². The van der Waals surface area contributed by atoms with Crippen molar-refractivity contribution in [2.75, 3.05) is 19.8 Å². The third kappa shape index (κ3) is 6.46. The predicted octanol–water partition coefficient (Wildman–Crippen LogP) is 1.27. The molecule has 0 saturated heterocycles. The van der Waals surface area contributed by atoms with Crippen LogP contribution in [0.3, 0.4) is 0 Å². The van der Waals surface area contributed by atoms with Crippen LogP contribution < -0.4 is 5.73 Å². The largest absolute Gasteiger partial charge is 0.503 e. The van der Waals surface area contributed by atoms with E-state index in [9.17, 15) is 4.79 Å². The highest BCUT2D eigenvalue weighted by Gasteiger charge is 2.42. The fourth-order valence-electron chi connectivity index (χ4n) is 1.57. The standard InChI is InChI=1S/C11H25NO5Si/c1-5-8-18(14-6-2,15-7-3)17-10(4)16-11(13)9-12/h10H,5-9,12H2,1-4H3. The topological polar surface area (TPSA) is 80.0 Å². The lowest BCUT2D eigenvalue weighted by Crippen LogP contribution is -2.48. The van der Waals surface area contributed by atoms with E-state index in [0.717, 1.165) is 6.42 Å². The molecule has 6 nitrogen and oxygen atoms in total. The summed E-state index contributed by atoms with van der Waals surface area (Å²) in [5.74, 6) is -0.505. The Kier molecular flexibility index (Phi) is 9.21. The number of hydrogen-bond donors (Lipinski definition) is 1. The molecule has 0 spiro atoms. The predicted molar refractivity (Wildman–Crippen MR) is 69.8 cm³/mol. The number of rotatable bonds is 10. The molecule has 7 heteroatoms. The van der Waals surface area contributed by atoms with Gasteiger partial charge in [-0.25, -0.2) is 0 Å². The van der Waals surface area contributed by atoms with Crippen molar-refractivity contribution in [1.29, 1.82) is 0 Å². The first kappa shape index (κ1) is 17.5.